The van der Waals surface area contributed by atoms with Gasteiger partial charge in [-0.2, -0.15) is 0 Å². The topological polar surface area (TPSA) is 42.2 Å². The molecule has 0 saturated carbocycles. The van der Waals surface area contributed by atoms with Crippen LogP contribution in [0.4, 0.5) is 0 Å². The summed E-state index contributed by atoms with van der Waals surface area (Å²) in [6.07, 6.45) is 3.91. The molecule has 3 nitrogen and oxygen atoms in total. The molecule has 0 radical (unpaired) electrons. The number of aromatic nitrogens is 1. The molecule has 0 amide bonds. The average molecular weight is 190 g/mol. The maximum atomic E-state index is 10.3. The highest BCUT2D eigenvalue weighted by molar-refractivity contribution is 5.85. The minimum Gasteiger partial charge on any atom is -0.481 e. The van der Waals surface area contributed by atoms with Gasteiger partial charge in [-0.1, -0.05) is 0 Å². The Bertz CT molecular complexity index is 233. The molecule has 0 aliphatic rings. The number of carbonyl (C=O) groups is 1. The molecule has 0 aromatic carbocycles. The zero-order valence-electron chi connectivity index (χ0n) is 6.80. The van der Waals surface area contributed by atoms with Gasteiger partial charge >= 0.3 is 5.97 Å². The molecule has 0 spiro atoms. The van der Waals surface area contributed by atoms with E-state index in [0.717, 1.165) is 0 Å². The third-order valence-corrected chi connectivity index (χ3v) is 1.61. The van der Waals surface area contributed by atoms with Gasteiger partial charge in [0.05, 0.1) is 6.42 Å². The monoisotopic (exact) mass is 189 g/mol. The molecule has 0 fully saturated rings. The number of aliphatic carboxylic acids is 1. The summed E-state index contributed by atoms with van der Waals surface area (Å²) in [5, 5.41) is 8.47. The van der Waals surface area contributed by atoms with Crippen LogP contribution in [0, 0.1) is 0 Å². The van der Waals surface area contributed by atoms with Crippen molar-refractivity contribution in [3.05, 3.63) is 24.5 Å². The lowest BCUT2D eigenvalue weighted by Gasteiger charge is -2.09. The van der Waals surface area contributed by atoms with Crippen molar-refractivity contribution in [2.45, 2.75) is 19.4 Å². The fourth-order valence-corrected chi connectivity index (χ4v) is 1.000. The highest BCUT2D eigenvalue weighted by Crippen LogP contribution is 2.09. The third-order valence-electron chi connectivity index (χ3n) is 1.61. The molecule has 1 rings (SSSR count). The van der Waals surface area contributed by atoms with Gasteiger partial charge in [0.2, 0.25) is 0 Å². The predicted octanol–water partition coefficient (Wildman–Crippen LogP) is 1.95. The number of carboxylic acids is 1. The lowest BCUT2D eigenvalue weighted by Crippen LogP contribution is -2.08. The van der Waals surface area contributed by atoms with Gasteiger partial charge < -0.3 is 9.67 Å². The SMILES string of the molecule is CC(CC(=O)O)n1cccc1.Cl. The van der Waals surface area contributed by atoms with E-state index < -0.39 is 5.97 Å². The number of hydrogen-bond acceptors (Lipinski definition) is 1. The summed E-state index contributed by atoms with van der Waals surface area (Å²) in [4.78, 5) is 10.3. The second kappa shape index (κ2) is 4.83. The number of rotatable bonds is 3. The van der Waals surface area contributed by atoms with Gasteiger partial charge in [0.15, 0.2) is 0 Å². The summed E-state index contributed by atoms with van der Waals surface area (Å²) in [6, 6.07) is 3.82. The van der Waals surface area contributed by atoms with Crippen molar-refractivity contribution >= 4 is 18.4 Å². The van der Waals surface area contributed by atoms with Crippen LogP contribution in [0.5, 0.6) is 0 Å². The first-order valence-corrected chi connectivity index (χ1v) is 3.54. The Labute approximate surface area is 77.4 Å². The maximum Gasteiger partial charge on any atom is 0.305 e. The van der Waals surface area contributed by atoms with Crippen LogP contribution in [0.3, 0.4) is 0 Å². The normalized spacial score (nSPS) is 11.8. The Morgan fingerprint density at radius 1 is 1.50 bits per heavy atom. The molecule has 1 atom stereocenters. The zero-order chi connectivity index (χ0) is 8.27. The molecule has 1 aromatic rings. The molecule has 0 aliphatic carbocycles. The number of carboxylic acid groups (broad SMARTS) is 1. The van der Waals surface area contributed by atoms with E-state index >= 15 is 0 Å². The van der Waals surface area contributed by atoms with Gasteiger partial charge in [0, 0.05) is 18.4 Å². The Morgan fingerprint density at radius 3 is 2.42 bits per heavy atom. The number of nitrogens with zero attached hydrogens (tertiary/aromatic N) is 1. The van der Waals surface area contributed by atoms with Crippen LogP contribution in [-0.2, 0) is 4.79 Å². The Balaban J connectivity index is 0.00000121. The number of hydrogen-bond donors (Lipinski definition) is 1. The van der Waals surface area contributed by atoms with Gasteiger partial charge in [-0.15, -0.1) is 12.4 Å². The van der Waals surface area contributed by atoms with Crippen LogP contribution < -0.4 is 0 Å². The highest BCUT2D eigenvalue weighted by Gasteiger charge is 2.06. The Kier molecular flexibility index (Phi) is 4.44. The lowest BCUT2D eigenvalue weighted by atomic mass is 10.2. The van der Waals surface area contributed by atoms with E-state index in [1.54, 1.807) is 0 Å². The quantitative estimate of drug-likeness (QED) is 0.790. The summed E-state index contributed by atoms with van der Waals surface area (Å²) >= 11 is 0. The molecule has 12 heavy (non-hydrogen) atoms. The zero-order valence-corrected chi connectivity index (χ0v) is 7.62. The first-order chi connectivity index (χ1) is 5.20. The molecule has 1 N–H and O–H groups in total. The molecule has 1 heterocycles. The summed E-state index contributed by atoms with van der Waals surface area (Å²) in [5.41, 5.74) is 0. The first-order valence-electron chi connectivity index (χ1n) is 3.54. The first kappa shape index (κ1) is 11.0. The number of halogens is 1. The van der Waals surface area contributed by atoms with Crippen LogP contribution in [0.1, 0.15) is 19.4 Å². The molecular weight excluding hydrogens is 178 g/mol. The molecule has 0 saturated heterocycles. The highest BCUT2D eigenvalue weighted by atomic mass is 35.5. The molecule has 1 aromatic heterocycles. The second-order valence-electron chi connectivity index (χ2n) is 2.58. The van der Waals surface area contributed by atoms with Crippen LogP contribution in [0.2, 0.25) is 0 Å². The smallest absolute Gasteiger partial charge is 0.305 e. The fraction of sp³-hybridized carbons (Fsp3) is 0.375. The van der Waals surface area contributed by atoms with E-state index in [4.69, 9.17) is 5.11 Å². The van der Waals surface area contributed by atoms with Gasteiger partial charge in [-0.25, -0.2) is 0 Å². The van der Waals surface area contributed by atoms with Crippen molar-refractivity contribution in [3.63, 3.8) is 0 Å². The van der Waals surface area contributed by atoms with E-state index in [-0.39, 0.29) is 24.9 Å². The largest absolute Gasteiger partial charge is 0.481 e. The van der Waals surface area contributed by atoms with Crippen molar-refractivity contribution in [1.29, 1.82) is 0 Å². The predicted molar refractivity (Wildman–Crippen MR) is 48.6 cm³/mol. The maximum absolute atomic E-state index is 10.3. The third kappa shape index (κ3) is 2.96. The van der Waals surface area contributed by atoms with Crippen molar-refractivity contribution in [3.8, 4) is 0 Å². The summed E-state index contributed by atoms with van der Waals surface area (Å²) in [7, 11) is 0. The standard InChI is InChI=1S/C8H11NO2.ClH/c1-7(6-8(10)11)9-4-2-3-5-9;/h2-5,7H,6H2,1H3,(H,10,11);1H. The minimum atomic E-state index is -0.758. The molecular formula is C8H12ClNO2. The molecule has 1 unspecified atom stereocenters. The summed E-state index contributed by atoms with van der Waals surface area (Å²) in [5.74, 6) is -0.758. The summed E-state index contributed by atoms with van der Waals surface area (Å²) in [6.45, 7) is 1.88. The summed E-state index contributed by atoms with van der Waals surface area (Å²) < 4.78 is 1.88. The van der Waals surface area contributed by atoms with Crippen molar-refractivity contribution < 1.29 is 9.90 Å². The van der Waals surface area contributed by atoms with Crippen molar-refractivity contribution in [2.24, 2.45) is 0 Å². The van der Waals surface area contributed by atoms with Crippen LogP contribution >= 0.6 is 12.4 Å². The molecule has 0 aliphatic heterocycles. The average Bonchev–Trinajstić information content (AvgIpc) is 2.35. The lowest BCUT2D eigenvalue weighted by molar-refractivity contribution is -0.137. The van der Waals surface area contributed by atoms with Crippen molar-refractivity contribution in [2.75, 3.05) is 0 Å². The van der Waals surface area contributed by atoms with E-state index in [0.29, 0.717) is 0 Å². The van der Waals surface area contributed by atoms with E-state index in [1.165, 1.54) is 0 Å². The van der Waals surface area contributed by atoms with Crippen LogP contribution in [0.15, 0.2) is 24.5 Å². The minimum absolute atomic E-state index is 0. The van der Waals surface area contributed by atoms with Gasteiger partial charge in [-0.3, -0.25) is 4.79 Å². The van der Waals surface area contributed by atoms with E-state index in [1.807, 2.05) is 36.0 Å². The van der Waals surface area contributed by atoms with Gasteiger partial charge in [0.1, 0.15) is 0 Å². The fourth-order valence-electron chi connectivity index (χ4n) is 1.000. The Morgan fingerprint density at radius 2 is 2.00 bits per heavy atom. The van der Waals surface area contributed by atoms with Crippen LogP contribution in [-0.4, -0.2) is 15.6 Å². The Hall–Kier alpha value is -0.960. The second-order valence-corrected chi connectivity index (χ2v) is 2.58. The molecule has 68 valence electrons. The van der Waals surface area contributed by atoms with E-state index in [2.05, 4.69) is 0 Å². The van der Waals surface area contributed by atoms with Gasteiger partial charge in [-0.05, 0) is 19.1 Å². The van der Waals surface area contributed by atoms with E-state index in [9.17, 15) is 4.79 Å². The van der Waals surface area contributed by atoms with Gasteiger partial charge in [0.25, 0.3) is 0 Å². The van der Waals surface area contributed by atoms with Crippen molar-refractivity contribution in [1.82, 2.24) is 4.57 Å². The van der Waals surface area contributed by atoms with Crippen LogP contribution in [0.25, 0.3) is 0 Å². The molecule has 4 heteroatoms. The molecule has 0 bridgehead atoms.